The number of carbonyl (C=O) groups excluding carboxylic acids is 1. The zero-order valence-corrected chi connectivity index (χ0v) is 14.9. The second-order valence-electron chi connectivity index (χ2n) is 5.75. The van der Waals surface area contributed by atoms with Crippen LogP contribution in [0.3, 0.4) is 0 Å². The molecule has 1 aromatic heterocycles. The van der Waals surface area contributed by atoms with Gasteiger partial charge in [-0.05, 0) is 12.2 Å². The Bertz CT molecular complexity index is 478. The van der Waals surface area contributed by atoms with E-state index in [0.29, 0.717) is 3.95 Å². The monoisotopic (exact) mass is 335 g/mol. The first-order valence-electron chi connectivity index (χ1n) is 6.54. The number of quaternary nitrogens is 1. The number of nitrogens with zero attached hydrogens (tertiary/aromatic N) is 2. The van der Waals surface area contributed by atoms with Crippen LogP contribution in [0.2, 0.25) is 0 Å². The van der Waals surface area contributed by atoms with Crippen LogP contribution in [0.25, 0.3) is 0 Å². The average Bonchev–Trinajstić information content (AvgIpc) is 2.76. The van der Waals surface area contributed by atoms with Crippen molar-refractivity contribution in [3.63, 3.8) is 0 Å². The van der Waals surface area contributed by atoms with Crippen LogP contribution in [0, 0.1) is 9.87 Å². The van der Waals surface area contributed by atoms with Crippen LogP contribution in [0.1, 0.15) is 13.3 Å². The number of hydrogen-bond acceptors (Lipinski definition) is 5. The average molecular weight is 336 g/mol. The zero-order chi connectivity index (χ0) is 15.2. The van der Waals surface area contributed by atoms with Gasteiger partial charge in [0.05, 0.1) is 27.7 Å². The predicted molar refractivity (Wildman–Crippen MR) is 87.7 cm³/mol. The number of nitrogens with one attached hydrogen (secondary N) is 2. The van der Waals surface area contributed by atoms with Crippen molar-refractivity contribution >= 4 is 41.2 Å². The molecule has 0 aliphatic rings. The molecule has 0 fully saturated rings. The van der Waals surface area contributed by atoms with Crippen LogP contribution in [-0.4, -0.2) is 60.6 Å². The number of amides is 1. The van der Waals surface area contributed by atoms with E-state index < -0.39 is 0 Å². The number of aromatic amines is 1. The van der Waals surface area contributed by atoms with Crippen LogP contribution >= 0.6 is 35.3 Å². The minimum absolute atomic E-state index is 0.0263. The molecule has 1 unspecified atom stereocenters. The van der Waals surface area contributed by atoms with E-state index in [9.17, 15) is 4.79 Å². The van der Waals surface area contributed by atoms with Crippen molar-refractivity contribution in [3.8, 4) is 0 Å². The largest absolute Gasteiger partial charge is 0.356 e. The summed E-state index contributed by atoms with van der Waals surface area (Å²) >= 11 is 7.98. The normalized spacial score (nSPS) is 13.2. The van der Waals surface area contributed by atoms with E-state index in [2.05, 4.69) is 36.7 Å². The Labute approximate surface area is 133 Å². The third-order valence-corrected chi connectivity index (χ3v) is 5.12. The number of H-pyrrole nitrogens is 1. The molecular formula is C12H23N4OS3+. The topological polar surface area (TPSA) is 57.8 Å². The first-order chi connectivity index (χ1) is 9.28. The van der Waals surface area contributed by atoms with Gasteiger partial charge in [-0.1, -0.05) is 30.0 Å². The number of aromatic nitrogens is 2. The van der Waals surface area contributed by atoms with Gasteiger partial charge in [0.1, 0.15) is 0 Å². The van der Waals surface area contributed by atoms with E-state index in [1.807, 2.05) is 6.92 Å². The molecule has 1 rings (SSSR count). The lowest BCUT2D eigenvalue weighted by molar-refractivity contribution is -0.870. The standard InChI is InChI=1S/C12H22N4OS3/c1-9(8-19-12-15-14-11(18)20-12)10(17)13-6-5-7-16(2,3)4/h9H,5-8H2,1-4H3,(H-,13,14,17,18)/p+1. The van der Waals surface area contributed by atoms with Crippen LogP contribution in [0.4, 0.5) is 0 Å². The predicted octanol–water partition coefficient (Wildman–Crippen LogP) is 2.14. The molecule has 0 aromatic carbocycles. The molecule has 2 N–H and O–H groups in total. The molecule has 8 heteroatoms. The summed E-state index contributed by atoms with van der Waals surface area (Å²) in [6.45, 7) is 3.73. The van der Waals surface area contributed by atoms with Gasteiger partial charge in [-0.2, -0.15) is 5.10 Å². The highest BCUT2D eigenvalue weighted by molar-refractivity contribution is 8.01. The lowest BCUT2D eigenvalue weighted by atomic mass is 10.2. The molecule has 0 bridgehead atoms. The van der Waals surface area contributed by atoms with Crippen molar-refractivity contribution in [2.24, 2.45) is 5.92 Å². The fraction of sp³-hybridized carbons (Fsp3) is 0.750. The molecule has 0 aliphatic carbocycles. The smallest absolute Gasteiger partial charge is 0.223 e. The van der Waals surface area contributed by atoms with Gasteiger partial charge in [-0.3, -0.25) is 9.89 Å². The maximum atomic E-state index is 11.9. The van der Waals surface area contributed by atoms with Crippen molar-refractivity contribution < 1.29 is 9.28 Å². The first kappa shape index (κ1) is 17.6. The minimum atomic E-state index is -0.0263. The summed E-state index contributed by atoms with van der Waals surface area (Å²) in [4.78, 5) is 11.9. The zero-order valence-electron chi connectivity index (χ0n) is 12.4. The summed E-state index contributed by atoms with van der Waals surface area (Å²) in [7, 11) is 6.46. The minimum Gasteiger partial charge on any atom is -0.356 e. The highest BCUT2D eigenvalue weighted by atomic mass is 32.2. The van der Waals surface area contributed by atoms with Gasteiger partial charge in [-0.15, -0.1) is 0 Å². The quantitative estimate of drug-likeness (QED) is 0.331. The van der Waals surface area contributed by atoms with Crippen LogP contribution in [-0.2, 0) is 4.79 Å². The summed E-state index contributed by atoms with van der Waals surface area (Å²) in [5.74, 6) is 0.803. The van der Waals surface area contributed by atoms with Gasteiger partial charge in [0.25, 0.3) is 0 Å². The maximum absolute atomic E-state index is 11.9. The molecule has 1 heterocycles. The Balaban J connectivity index is 2.20. The summed E-state index contributed by atoms with van der Waals surface area (Å²) in [5.41, 5.74) is 0. The number of hydrogen-bond donors (Lipinski definition) is 2. The Morgan fingerprint density at radius 3 is 2.80 bits per heavy atom. The van der Waals surface area contributed by atoms with Gasteiger partial charge in [-0.25, -0.2) is 0 Å². The summed E-state index contributed by atoms with van der Waals surface area (Å²) in [6.07, 6.45) is 0.996. The molecule has 20 heavy (non-hydrogen) atoms. The van der Waals surface area contributed by atoms with Crippen molar-refractivity contribution in [1.29, 1.82) is 0 Å². The molecule has 0 aliphatic heterocycles. The van der Waals surface area contributed by atoms with Gasteiger partial charge < -0.3 is 9.80 Å². The van der Waals surface area contributed by atoms with Gasteiger partial charge in [0, 0.05) is 24.6 Å². The number of rotatable bonds is 8. The van der Waals surface area contributed by atoms with Gasteiger partial charge in [0.2, 0.25) is 5.91 Å². The molecule has 0 saturated carbocycles. The Morgan fingerprint density at radius 2 is 2.25 bits per heavy atom. The van der Waals surface area contributed by atoms with E-state index in [4.69, 9.17) is 12.2 Å². The summed E-state index contributed by atoms with van der Waals surface area (Å²) in [5, 5.41) is 9.79. The van der Waals surface area contributed by atoms with E-state index >= 15 is 0 Å². The Hall–Kier alpha value is -0.440. The van der Waals surface area contributed by atoms with Crippen LogP contribution in [0.15, 0.2) is 4.34 Å². The van der Waals surface area contributed by atoms with Gasteiger partial charge in [0.15, 0.2) is 8.29 Å². The molecule has 0 radical (unpaired) electrons. The van der Waals surface area contributed by atoms with Crippen molar-refractivity contribution in [3.05, 3.63) is 3.95 Å². The highest BCUT2D eigenvalue weighted by Gasteiger charge is 2.14. The fourth-order valence-corrected chi connectivity index (χ4v) is 3.62. The third kappa shape index (κ3) is 7.37. The molecular weight excluding hydrogens is 312 g/mol. The first-order valence-corrected chi connectivity index (χ1v) is 8.75. The van der Waals surface area contributed by atoms with Crippen molar-refractivity contribution in [2.45, 2.75) is 17.7 Å². The molecule has 0 spiro atoms. The lowest BCUT2D eigenvalue weighted by Gasteiger charge is -2.23. The highest BCUT2D eigenvalue weighted by Crippen LogP contribution is 2.22. The van der Waals surface area contributed by atoms with Crippen molar-refractivity contribution in [1.82, 2.24) is 15.5 Å². The number of thioether (sulfide) groups is 1. The van der Waals surface area contributed by atoms with E-state index in [-0.39, 0.29) is 11.8 Å². The van der Waals surface area contributed by atoms with Crippen LogP contribution in [0.5, 0.6) is 0 Å². The SMILES string of the molecule is CC(CSc1n[nH]c(=S)s1)C(=O)NCCC[N+](C)(C)C. The second kappa shape index (κ2) is 8.11. The second-order valence-corrected chi connectivity index (χ2v) is 8.68. The van der Waals surface area contributed by atoms with E-state index in [1.165, 1.54) is 11.3 Å². The third-order valence-electron chi connectivity index (χ3n) is 2.63. The fourth-order valence-electron chi connectivity index (χ4n) is 1.49. The summed E-state index contributed by atoms with van der Waals surface area (Å²) in [6, 6.07) is 0. The van der Waals surface area contributed by atoms with Crippen LogP contribution < -0.4 is 5.32 Å². The molecule has 1 aromatic rings. The lowest BCUT2D eigenvalue weighted by Crippen LogP contribution is -2.38. The Kier molecular flexibility index (Phi) is 7.14. The molecule has 0 saturated heterocycles. The van der Waals surface area contributed by atoms with E-state index in [1.54, 1.807) is 11.8 Å². The molecule has 1 amide bonds. The molecule has 5 nitrogen and oxygen atoms in total. The molecule has 114 valence electrons. The van der Waals surface area contributed by atoms with Crippen molar-refractivity contribution in [2.75, 3.05) is 40.0 Å². The van der Waals surface area contributed by atoms with Gasteiger partial charge >= 0.3 is 0 Å². The van der Waals surface area contributed by atoms with E-state index in [0.717, 1.165) is 34.1 Å². The number of carbonyl (C=O) groups is 1. The summed E-state index contributed by atoms with van der Waals surface area (Å²) < 4.78 is 2.48. The molecule has 1 atom stereocenters. The maximum Gasteiger partial charge on any atom is 0.223 e. The Morgan fingerprint density at radius 1 is 1.55 bits per heavy atom.